The number of aromatic amines is 1. The molecule has 2 aromatic carbocycles. The number of anilines is 1. The lowest BCUT2D eigenvalue weighted by Crippen LogP contribution is -2.12. The minimum absolute atomic E-state index is 0.148. The standard InChI is InChI=1S/C18H13N3O/c22-18(20-12-5-4-10-19-11-12)15-8-3-7-14-13-6-1-2-9-16(13)21-17(14)15/h1-11,21H,(H,20,22). The third kappa shape index (κ3) is 2.02. The number of hydrogen-bond acceptors (Lipinski definition) is 2. The van der Waals surface area contributed by atoms with Gasteiger partial charge in [-0.1, -0.05) is 30.3 Å². The number of nitrogens with zero attached hydrogens (tertiary/aromatic N) is 1. The van der Waals surface area contributed by atoms with Crippen LogP contribution in [0.4, 0.5) is 5.69 Å². The largest absolute Gasteiger partial charge is 0.354 e. The quantitative estimate of drug-likeness (QED) is 0.586. The maximum Gasteiger partial charge on any atom is 0.257 e. The molecule has 0 unspecified atom stereocenters. The van der Waals surface area contributed by atoms with E-state index in [2.05, 4.69) is 21.4 Å². The van der Waals surface area contributed by atoms with Crippen molar-refractivity contribution in [1.82, 2.24) is 9.97 Å². The molecule has 0 radical (unpaired) electrons. The summed E-state index contributed by atoms with van der Waals surface area (Å²) in [6, 6.07) is 17.4. The van der Waals surface area contributed by atoms with Gasteiger partial charge in [0.25, 0.3) is 5.91 Å². The summed E-state index contributed by atoms with van der Waals surface area (Å²) in [6.07, 6.45) is 3.30. The zero-order chi connectivity index (χ0) is 14.9. The highest BCUT2D eigenvalue weighted by atomic mass is 16.1. The third-order valence-electron chi connectivity index (χ3n) is 3.71. The molecule has 0 saturated heterocycles. The highest BCUT2D eigenvalue weighted by Gasteiger charge is 2.13. The molecule has 1 amide bonds. The van der Waals surface area contributed by atoms with E-state index in [9.17, 15) is 4.79 Å². The smallest absolute Gasteiger partial charge is 0.257 e. The topological polar surface area (TPSA) is 57.8 Å². The normalized spacial score (nSPS) is 10.9. The van der Waals surface area contributed by atoms with Crippen molar-refractivity contribution in [3.05, 3.63) is 72.6 Å². The number of benzene rings is 2. The molecule has 4 heteroatoms. The molecule has 4 nitrogen and oxygen atoms in total. The van der Waals surface area contributed by atoms with E-state index in [1.54, 1.807) is 18.5 Å². The van der Waals surface area contributed by atoms with Crippen molar-refractivity contribution in [3.8, 4) is 0 Å². The fourth-order valence-electron chi connectivity index (χ4n) is 2.70. The number of amides is 1. The van der Waals surface area contributed by atoms with Crippen molar-refractivity contribution in [2.24, 2.45) is 0 Å². The number of hydrogen-bond donors (Lipinski definition) is 2. The molecule has 2 heterocycles. The van der Waals surface area contributed by atoms with Gasteiger partial charge in [0.05, 0.1) is 23.0 Å². The molecule has 0 bridgehead atoms. The molecule has 22 heavy (non-hydrogen) atoms. The molecule has 0 atom stereocenters. The summed E-state index contributed by atoms with van der Waals surface area (Å²) >= 11 is 0. The Morgan fingerprint density at radius 2 is 1.82 bits per heavy atom. The lowest BCUT2D eigenvalue weighted by molar-refractivity contribution is 0.102. The van der Waals surface area contributed by atoms with Gasteiger partial charge in [-0.2, -0.15) is 0 Å². The van der Waals surface area contributed by atoms with Crippen LogP contribution in [-0.2, 0) is 0 Å². The maximum absolute atomic E-state index is 12.5. The van der Waals surface area contributed by atoms with Crippen molar-refractivity contribution in [2.75, 3.05) is 5.32 Å². The minimum atomic E-state index is -0.148. The zero-order valence-corrected chi connectivity index (χ0v) is 11.7. The number of para-hydroxylation sites is 2. The van der Waals surface area contributed by atoms with Gasteiger partial charge in [-0.15, -0.1) is 0 Å². The van der Waals surface area contributed by atoms with Crippen LogP contribution in [0.15, 0.2) is 67.0 Å². The van der Waals surface area contributed by atoms with Crippen LogP contribution in [0.5, 0.6) is 0 Å². The first-order chi connectivity index (χ1) is 10.8. The number of aromatic nitrogens is 2. The van der Waals surface area contributed by atoms with Gasteiger partial charge in [-0.05, 0) is 24.3 Å². The molecular weight excluding hydrogens is 274 g/mol. The van der Waals surface area contributed by atoms with E-state index in [1.807, 2.05) is 42.5 Å². The zero-order valence-electron chi connectivity index (χ0n) is 11.7. The number of carbonyl (C=O) groups is 1. The first-order valence-corrected chi connectivity index (χ1v) is 7.04. The van der Waals surface area contributed by atoms with Crippen molar-refractivity contribution >= 4 is 33.4 Å². The lowest BCUT2D eigenvalue weighted by Gasteiger charge is -2.05. The Labute approximate surface area is 126 Å². The molecule has 0 aliphatic carbocycles. The van der Waals surface area contributed by atoms with Gasteiger partial charge in [0.15, 0.2) is 0 Å². The Hall–Kier alpha value is -3.14. The number of carbonyl (C=O) groups excluding carboxylic acids is 1. The molecule has 0 saturated carbocycles. The number of pyridine rings is 1. The van der Waals surface area contributed by atoms with Gasteiger partial charge < -0.3 is 10.3 Å². The average molecular weight is 287 g/mol. The summed E-state index contributed by atoms with van der Waals surface area (Å²) in [6.45, 7) is 0. The molecular formula is C18H13N3O. The maximum atomic E-state index is 12.5. The monoisotopic (exact) mass is 287 g/mol. The Balaban J connectivity index is 1.83. The summed E-state index contributed by atoms with van der Waals surface area (Å²) in [5.41, 5.74) is 3.18. The number of H-pyrrole nitrogens is 1. The molecule has 2 aromatic heterocycles. The van der Waals surface area contributed by atoms with Crippen molar-refractivity contribution < 1.29 is 4.79 Å². The van der Waals surface area contributed by atoms with Crippen molar-refractivity contribution in [2.45, 2.75) is 0 Å². The van der Waals surface area contributed by atoms with Crippen molar-refractivity contribution in [3.63, 3.8) is 0 Å². The minimum Gasteiger partial charge on any atom is -0.354 e. The van der Waals surface area contributed by atoms with E-state index >= 15 is 0 Å². The molecule has 0 fully saturated rings. The second-order valence-electron chi connectivity index (χ2n) is 5.09. The summed E-state index contributed by atoms with van der Waals surface area (Å²) in [4.78, 5) is 19.9. The molecule has 4 aromatic rings. The van der Waals surface area contributed by atoms with Gasteiger partial charge in [0.1, 0.15) is 0 Å². The molecule has 0 aliphatic rings. The Morgan fingerprint density at radius 1 is 0.955 bits per heavy atom. The molecule has 0 aliphatic heterocycles. The number of rotatable bonds is 2. The Kier molecular flexibility index (Phi) is 2.86. The molecule has 106 valence electrons. The lowest BCUT2D eigenvalue weighted by atomic mass is 10.1. The predicted molar refractivity (Wildman–Crippen MR) is 88.0 cm³/mol. The summed E-state index contributed by atoms with van der Waals surface area (Å²) < 4.78 is 0. The third-order valence-corrected chi connectivity index (χ3v) is 3.71. The average Bonchev–Trinajstić information content (AvgIpc) is 2.94. The van der Waals surface area contributed by atoms with E-state index in [0.717, 1.165) is 21.8 Å². The van der Waals surface area contributed by atoms with Crippen LogP contribution in [0.1, 0.15) is 10.4 Å². The molecule has 2 N–H and O–H groups in total. The van der Waals surface area contributed by atoms with E-state index in [0.29, 0.717) is 11.3 Å². The van der Waals surface area contributed by atoms with E-state index in [-0.39, 0.29) is 5.91 Å². The fourth-order valence-corrected chi connectivity index (χ4v) is 2.70. The fraction of sp³-hybridized carbons (Fsp3) is 0. The van der Waals surface area contributed by atoms with Gasteiger partial charge in [0, 0.05) is 22.5 Å². The Bertz CT molecular complexity index is 973. The van der Waals surface area contributed by atoms with Gasteiger partial charge >= 0.3 is 0 Å². The van der Waals surface area contributed by atoms with Gasteiger partial charge in [-0.3, -0.25) is 9.78 Å². The highest BCUT2D eigenvalue weighted by molar-refractivity contribution is 6.17. The van der Waals surface area contributed by atoms with Crippen molar-refractivity contribution in [1.29, 1.82) is 0 Å². The number of fused-ring (bicyclic) bond motifs is 3. The predicted octanol–water partition coefficient (Wildman–Crippen LogP) is 3.97. The Morgan fingerprint density at radius 3 is 2.68 bits per heavy atom. The van der Waals surface area contributed by atoms with Crippen LogP contribution in [0.3, 0.4) is 0 Å². The SMILES string of the molecule is O=C(Nc1cccnc1)c1cccc2c1[nH]c1ccccc12. The van der Waals surface area contributed by atoms with Crippen LogP contribution in [0.25, 0.3) is 21.8 Å². The first-order valence-electron chi connectivity index (χ1n) is 7.04. The van der Waals surface area contributed by atoms with E-state index in [1.165, 1.54) is 0 Å². The van der Waals surface area contributed by atoms with Crippen LogP contribution >= 0.6 is 0 Å². The summed E-state index contributed by atoms with van der Waals surface area (Å²) in [7, 11) is 0. The van der Waals surface area contributed by atoms with Crippen LogP contribution < -0.4 is 5.32 Å². The van der Waals surface area contributed by atoms with E-state index in [4.69, 9.17) is 0 Å². The van der Waals surface area contributed by atoms with E-state index < -0.39 is 0 Å². The van der Waals surface area contributed by atoms with Crippen LogP contribution in [-0.4, -0.2) is 15.9 Å². The van der Waals surface area contributed by atoms with Gasteiger partial charge in [-0.25, -0.2) is 0 Å². The first kappa shape index (κ1) is 12.6. The number of nitrogens with one attached hydrogen (secondary N) is 2. The highest BCUT2D eigenvalue weighted by Crippen LogP contribution is 2.27. The molecule has 0 spiro atoms. The van der Waals surface area contributed by atoms with Crippen LogP contribution in [0, 0.1) is 0 Å². The second-order valence-corrected chi connectivity index (χ2v) is 5.09. The molecule has 4 rings (SSSR count). The second kappa shape index (κ2) is 5.00. The van der Waals surface area contributed by atoms with Gasteiger partial charge in [0.2, 0.25) is 0 Å². The summed E-state index contributed by atoms with van der Waals surface area (Å²) in [5.74, 6) is -0.148. The summed E-state index contributed by atoms with van der Waals surface area (Å²) in [5, 5.41) is 5.04. The van der Waals surface area contributed by atoms with Crippen LogP contribution in [0.2, 0.25) is 0 Å².